The SMILES string of the molecule is C#CC(=O)c1cc(OC)c(OC)c(OC)c1. The number of terminal acetylenes is 1. The predicted molar refractivity (Wildman–Crippen MR) is 59.3 cm³/mol. The van der Waals surface area contributed by atoms with Gasteiger partial charge in [0, 0.05) is 5.56 Å². The highest BCUT2D eigenvalue weighted by molar-refractivity contribution is 6.09. The Balaban J connectivity index is 3.38. The van der Waals surface area contributed by atoms with Gasteiger partial charge >= 0.3 is 0 Å². The van der Waals surface area contributed by atoms with E-state index < -0.39 is 5.78 Å². The summed E-state index contributed by atoms with van der Waals surface area (Å²) in [6.45, 7) is 0. The minimum atomic E-state index is -0.431. The number of hydrogen-bond donors (Lipinski definition) is 0. The molecule has 0 heterocycles. The second-order valence-electron chi connectivity index (χ2n) is 2.89. The number of hydrogen-bond acceptors (Lipinski definition) is 4. The fraction of sp³-hybridized carbons (Fsp3) is 0.250. The van der Waals surface area contributed by atoms with E-state index in [-0.39, 0.29) is 0 Å². The van der Waals surface area contributed by atoms with Crippen LogP contribution in [0.15, 0.2) is 12.1 Å². The van der Waals surface area contributed by atoms with Gasteiger partial charge in [-0.1, -0.05) is 0 Å². The van der Waals surface area contributed by atoms with Crippen molar-refractivity contribution < 1.29 is 19.0 Å². The van der Waals surface area contributed by atoms with Crippen LogP contribution < -0.4 is 14.2 Å². The van der Waals surface area contributed by atoms with Crippen LogP contribution >= 0.6 is 0 Å². The van der Waals surface area contributed by atoms with Crippen LogP contribution in [0, 0.1) is 12.3 Å². The van der Waals surface area contributed by atoms with Crippen LogP contribution in [0.1, 0.15) is 10.4 Å². The van der Waals surface area contributed by atoms with E-state index in [1.54, 1.807) is 0 Å². The van der Waals surface area contributed by atoms with E-state index in [4.69, 9.17) is 20.6 Å². The maximum atomic E-state index is 11.4. The third-order valence-electron chi connectivity index (χ3n) is 2.06. The summed E-state index contributed by atoms with van der Waals surface area (Å²) in [5.74, 6) is 2.83. The summed E-state index contributed by atoms with van der Waals surface area (Å²) >= 11 is 0. The zero-order valence-corrected chi connectivity index (χ0v) is 9.37. The summed E-state index contributed by atoms with van der Waals surface area (Å²) in [4.78, 5) is 11.4. The fourth-order valence-corrected chi connectivity index (χ4v) is 1.30. The molecule has 4 heteroatoms. The predicted octanol–water partition coefficient (Wildman–Crippen LogP) is 1.53. The van der Waals surface area contributed by atoms with Gasteiger partial charge in [-0.25, -0.2) is 0 Å². The molecule has 1 rings (SSSR count). The van der Waals surface area contributed by atoms with Crippen molar-refractivity contribution in [3.63, 3.8) is 0 Å². The molecule has 0 amide bonds. The van der Waals surface area contributed by atoms with Gasteiger partial charge in [0.2, 0.25) is 11.5 Å². The molecule has 0 N–H and O–H groups in total. The smallest absolute Gasteiger partial charge is 0.235 e. The van der Waals surface area contributed by atoms with E-state index >= 15 is 0 Å². The molecule has 0 atom stereocenters. The Kier molecular flexibility index (Phi) is 3.78. The van der Waals surface area contributed by atoms with E-state index in [1.807, 2.05) is 5.92 Å². The summed E-state index contributed by atoms with van der Waals surface area (Å²) in [5, 5.41) is 0. The van der Waals surface area contributed by atoms with E-state index in [1.165, 1.54) is 33.5 Å². The zero-order valence-electron chi connectivity index (χ0n) is 9.37. The van der Waals surface area contributed by atoms with Gasteiger partial charge in [0.05, 0.1) is 21.3 Å². The van der Waals surface area contributed by atoms with E-state index in [2.05, 4.69) is 0 Å². The van der Waals surface area contributed by atoms with Gasteiger partial charge in [0.25, 0.3) is 0 Å². The Morgan fingerprint density at radius 2 is 1.62 bits per heavy atom. The maximum Gasteiger partial charge on any atom is 0.235 e. The fourth-order valence-electron chi connectivity index (χ4n) is 1.30. The van der Waals surface area contributed by atoms with Crippen LogP contribution in [0.4, 0.5) is 0 Å². The van der Waals surface area contributed by atoms with Gasteiger partial charge in [-0.15, -0.1) is 6.42 Å². The highest BCUT2D eigenvalue weighted by Crippen LogP contribution is 2.38. The Morgan fingerprint density at radius 1 is 1.12 bits per heavy atom. The average Bonchev–Trinajstić information content (AvgIpc) is 2.35. The van der Waals surface area contributed by atoms with Gasteiger partial charge < -0.3 is 14.2 Å². The van der Waals surface area contributed by atoms with Crippen LogP contribution in [0.2, 0.25) is 0 Å². The lowest BCUT2D eigenvalue weighted by Gasteiger charge is -2.12. The number of rotatable bonds is 4. The molecule has 84 valence electrons. The van der Waals surface area contributed by atoms with E-state index in [9.17, 15) is 4.79 Å². The van der Waals surface area contributed by atoms with Crippen molar-refractivity contribution in [3.05, 3.63) is 17.7 Å². The topological polar surface area (TPSA) is 44.8 Å². The first kappa shape index (κ1) is 11.9. The van der Waals surface area contributed by atoms with Crippen LogP contribution in [-0.2, 0) is 0 Å². The standard InChI is InChI=1S/C12H12O4/c1-5-9(13)8-6-10(14-2)12(16-4)11(7-8)15-3/h1,6-7H,2-4H3. The van der Waals surface area contributed by atoms with Gasteiger partial charge in [-0.05, 0) is 18.1 Å². The number of carbonyl (C=O) groups excluding carboxylic acids is 1. The molecule has 0 aliphatic carbocycles. The van der Waals surface area contributed by atoms with Crippen LogP contribution in [0.5, 0.6) is 17.2 Å². The number of benzene rings is 1. The quantitative estimate of drug-likeness (QED) is 0.438. The first-order valence-electron chi connectivity index (χ1n) is 4.48. The second kappa shape index (κ2) is 5.08. The number of Topliss-reactive ketones (excluding diaryl/α,β-unsaturated/α-hetero) is 1. The first-order chi connectivity index (χ1) is 7.67. The minimum Gasteiger partial charge on any atom is -0.493 e. The number of ether oxygens (including phenoxy) is 3. The highest BCUT2D eigenvalue weighted by atomic mass is 16.5. The molecular weight excluding hydrogens is 208 g/mol. The van der Waals surface area contributed by atoms with Crippen LogP contribution in [-0.4, -0.2) is 27.1 Å². The summed E-state index contributed by atoms with van der Waals surface area (Å²) in [5.41, 5.74) is 0.331. The number of methoxy groups -OCH3 is 3. The summed E-state index contributed by atoms with van der Waals surface area (Å²) in [6, 6.07) is 3.03. The summed E-state index contributed by atoms with van der Waals surface area (Å²) in [6.07, 6.45) is 5.05. The number of ketones is 1. The van der Waals surface area contributed by atoms with Crippen molar-refractivity contribution >= 4 is 5.78 Å². The molecule has 0 aliphatic rings. The molecule has 1 aromatic carbocycles. The Hall–Kier alpha value is -2.15. The molecule has 0 fully saturated rings. The molecule has 0 spiro atoms. The number of carbonyl (C=O) groups is 1. The molecule has 0 saturated carbocycles. The van der Waals surface area contributed by atoms with E-state index in [0.717, 1.165) is 0 Å². The van der Waals surface area contributed by atoms with Crippen molar-refractivity contribution in [1.29, 1.82) is 0 Å². The zero-order chi connectivity index (χ0) is 12.1. The molecule has 0 saturated heterocycles. The van der Waals surface area contributed by atoms with Crippen molar-refractivity contribution in [1.82, 2.24) is 0 Å². The highest BCUT2D eigenvalue weighted by Gasteiger charge is 2.15. The third-order valence-corrected chi connectivity index (χ3v) is 2.06. The van der Waals surface area contributed by atoms with Crippen molar-refractivity contribution in [3.8, 4) is 29.6 Å². The molecule has 0 unspecified atom stereocenters. The maximum absolute atomic E-state index is 11.4. The Morgan fingerprint density at radius 3 is 1.94 bits per heavy atom. The lowest BCUT2D eigenvalue weighted by atomic mass is 10.1. The molecule has 0 aromatic heterocycles. The van der Waals surface area contributed by atoms with Gasteiger partial charge in [-0.2, -0.15) is 0 Å². The molecular formula is C12H12O4. The molecule has 0 bridgehead atoms. The summed E-state index contributed by atoms with van der Waals surface area (Å²) < 4.78 is 15.3. The van der Waals surface area contributed by atoms with E-state index in [0.29, 0.717) is 22.8 Å². The summed E-state index contributed by atoms with van der Waals surface area (Å²) in [7, 11) is 4.44. The molecule has 0 radical (unpaired) electrons. The van der Waals surface area contributed by atoms with Crippen LogP contribution in [0.25, 0.3) is 0 Å². The molecule has 1 aromatic rings. The van der Waals surface area contributed by atoms with Crippen molar-refractivity contribution in [2.45, 2.75) is 0 Å². The average molecular weight is 220 g/mol. The van der Waals surface area contributed by atoms with Crippen molar-refractivity contribution in [2.24, 2.45) is 0 Å². The van der Waals surface area contributed by atoms with Gasteiger partial charge in [0.1, 0.15) is 0 Å². The lowest BCUT2D eigenvalue weighted by molar-refractivity contribution is 0.105. The normalized spacial score (nSPS) is 9.12. The Labute approximate surface area is 94.1 Å². The third kappa shape index (κ3) is 2.09. The minimum absolute atomic E-state index is 0.331. The van der Waals surface area contributed by atoms with Crippen LogP contribution in [0.3, 0.4) is 0 Å². The van der Waals surface area contributed by atoms with Gasteiger partial charge in [0.15, 0.2) is 11.5 Å². The van der Waals surface area contributed by atoms with Crippen molar-refractivity contribution in [2.75, 3.05) is 21.3 Å². The first-order valence-corrected chi connectivity index (χ1v) is 4.48. The second-order valence-corrected chi connectivity index (χ2v) is 2.89. The molecule has 4 nitrogen and oxygen atoms in total. The molecule has 0 aliphatic heterocycles. The monoisotopic (exact) mass is 220 g/mol. The lowest BCUT2D eigenvalue weighted by Crippen LogP contribution is -2.00. The Bertz CT molecular complexity index is 418. The largest absolute Gasteiger partial charge is 0.493 e. The molecule has 16 heavy (non-hydrogen) atoms. The van der Waals surface area contributed by atoms with Gasteiger partial charge in [-0.3, -0.25) is 4.79 Å².